The van der Waals surface area contributed by atoms with Gasteiger partial charge in [0.05, 0.1) is 11.7 Å². The molecule has 7 heteroatoms. The Balaban J connectivity index is 1.63. The largest absolute Gasteiger partial charge is 0.347 e. The summed E-state index contributed by atoms with van der Waals surface area (Å²) in [6, 6.07) is 6.88. The van der Waals surface area contributed by atoms with Crippen LogP contribution in [0.25, 0.3) is 11.1 Å². The Morgan fingerprint density at radius 3 is 2.41 bits per heavy atom. The van der Waals surface area contributed by atoms with Crippen LogP contribution in [0.1, 0.15) is 51.3 Å². The molecule has 0 bridgehead atoms. The molecule has 1 atom stereocenters. The maximum Gasteiger partial charge on any atom is 0.226 e. The lowest BCUT2D eigenvalue weighted by atomic mass is 9.93. The molecule has 172 valence electrons. The molecule has 0 aliphatic carbocycles. The summed E-state index contributed by atoms with van der Waals surface area (Å²) in [6.45, 7) is 7.15. The third-order valence-electron chi connectivity index (χ3n) is 6.82. The van der Waals surface area contributed by atoms with Crippen LogP contribution in [0.4, 0.5) is 10.3 Å². The summed E-state index contributed by atoms with van der Waals surface area (Å²) >= 11 is 0. The fraction of sp³-hybridized carbons (Fsp3) is 0.560. The lowest BCUT2D eigenvalue weighted by molar-refractivity contribution is -0.138. The van der Waals surface area contributed by atoms with Crippen LogP contribution in [-0.4, -0.2) is 65.4 Å². The Labute approximate surface area is 190 Å². The molecular weight excluding hydrogens is 405 g/mol. The fourth-order valence-corrected chi connectivity index (χ4v) is 4.92. The first-order valence-electron chi connectivity index (χ1n) is 11.7. The number of anilines is 1. The molecule has 2 saturated heterocycles. The van der Waals surface area contributed by atoms with Gasteiger partial charge in [-0.15, -0.1) is 0 Å². The molecule has 3 heterocycles. The van der Waals surface area contributed by atoms with Crippen LogP contribution < -0.4 is 4.90 Å². The molecule has 1 aromatic carbocycles. The van der Waals surface area contributed by atoms with E-state index in [-0.39, 0.29) is 23.7 Å². The molecule has 0 N–H and O–H groups in total. The Kier molecular flexibility index (Phi) is 6.74. The number of benzene rings is 1. The first-order chi connectivity index (χ1) is 15.3. The number of nitrogens with zero attached hydrogens (tertiary/aromatic N) is 5. The number of aromatic nitrogens is 2. The summed E-state index contributed by atoms with van der Waals surface area (Å²) in [4.78, 5) is 29.3. The van der Waals surface area contributed by atoms with E-state index in [1.807, 2.05) is 30.1 Å². The van der Waals surface area contributed by atoms with E-state index in [1.54, 1.807) is 12.1 Å². The van der Waals surface area contributed by atoms with Crippen molar-refractivity contribution in [1.82, 2.24) is 19.8 Å². The molecule has 2 aliphatic rings. The topological polar surface area (TPSA) is 52.6 Å². The van der Waals surface area contributed by atoms with E-state index in [4.69, 9.17) is 4.98 Å². The van der Waals surface area contributed by atoms with E-state index >= 15 is 0 Å². The van der Waals surface area contributed by atoms with Gasteiger partial charge in [0.2, 0.25) is 11.9 Å². The summed E-state index contributed by atoms with van der Waals surface area (Å²) in [5, 5.41) is 0. The molecule has 0 spiro atoms. The molecule has 32 heavy (non-hydrogen) atoms. The van der Waals surface area contributed by atoms with Gasteiger partial charge in [0.1, 0.15) is 5.82 Å². The monoisotopic (exact) mass is 439 g/mol. The minimum Gasteiger partial charge on any atom is -0.347 e. The molecular formula is C25H34FN5O. The van der Waals surface area contributed by atoms with Gasteiger partial charge in [0.25, 0.3) is 0 Å². The highest BCUT2D eigenvalue weighted by Crippen LogP contribution is 2.38. The standard InChI is InChI=1S/C25H34FN5O/c1-17(2)30-14-11-19(12-15-30)24(32)31-13-5-6-22(31)23-21(16-27-25(28-23)29(3)4)18-7-9-20(26)10-8-18/h7-10,16-17,19,22H,5-6,11-15H2,1-4H3. The van der Waals surface area contributed by atoms with Gasteiger partial charge < -0.3 is 14.7 Å². The normalized spacial score (nSPS) is 20.2. The molecule has 1 unspecified atom stereocenters. The van der Waals surface area contributed by atoms with E-state index in [2.05, 4.69) is 23.7 Å². The number of carbonyl (C=O) groups excluding carboxylic acids is 1. The van der Waals surface area contributed by atoms with Crippen molar-refractivity contribution in [3.63, 3.8) is 0 Å². The number of likely N-dealkylation sites (tertiary alicyclic amines) is 2. The van der Waals surface area contributed by atoms with E-state index in [0.29, 0.717) is 12.0 Å². The average molecular weight is 440 g/mol. The Hall–Kier alpha value is -2.54. The third-order valence-corrected chi connectivity index (χ3v) is 6.82. The second kappa shape index (κ2) is 9.53. The molecule has 4 rings (SSSR count). The number of halogens is 1. The van der Waals surface area contributed by atoms with Gasteiger partial charge in [-0.3, -0.25) is 4.79 Å². The van der Waals surface area contributed by atoms with E-state index < -0.39 is 0 Å². The van der Waals surface area contributed by atoms with Gasteiger partial charge in [-0.1, -0.05) is 12.1 Å². The quantitative estimate of drug-likeness (QED) is 0.701. The van der Waals surface area contributed by atoms with Crippen LogP contribution in [0.5, 0.6) is 0 Å². The molecule has 0 radical (unpaired) electrons. The Morgan fingerprint density at radius 1 is 1.09 bits per heavy atom. The summed E-state index contributed by atoms with van der Waals surface area (Å²) in [5.41, 5.74) is 2.60. The van der Waals surface area contributed by atoms with Gasteiger partial charge in [0, 0.05) is 44.4 Å². The van der Waals surface area contributed by atoms with Crippen LogP contribution in [0.15, 0.2) is 30.5 Å². The van der Waals surface area contributed by atoms with Crippen molar-refractivity contribution in [3.8, 4) is 11.1 Å². The lowest BCUT2D eigenvalue weighted by Gasteiger charge is -2.36. The summed E-state index contributed by atoms with van der Waals surface area (Å²) < 4.78 is 13.5. The van der Waals surface area contributed by atoms with Gasteiger partial charge in [-0.2, -0.15) is 0 Å². The lowest BCUT2D eigenvalue weighted by Crippen LogP contribution is -2.44. The summed E-state index contributed by atoms with van der Waals surface area (Å²) in [5.74, 6) is 0.683. The fourth-order valence-electron chi connectivity index (χ4n) is 4.92. The number of piperidine rings is 1. The third kappa shape index (κ3) is 4.63. The van der Waals surface area contributed by atoms with Crippen LogP contribution in [0, 0.1) is 11.7 Å². The highest BCUT2D eigenvalue weighted by molar-refractivity contribution is 5.80. The minimum absolute atomic E-state index is 0.0765. The van der Waals surface area contributed by atoms with Crippen molar-refractivity contribution in [2.24, 2.45) is 5.92 Å². The number of hydrogen-bond acceptors (Lipinski definition) is 5. The van der Waals surface area contributed by atoms with Crippen molar-refractivity contribution in [1.29, 1.82) is 0 Å². The van der Waals surface area contributed by atoms with Crippen molar-refractivity contribution in [2.45, 2.75) is 51.6 Å². The number of amides is 1. The number of carbonyl (C=O) groups is 1. The van der Waals surface area contributed by atoms with Crippen LogP contribution in [0.3, 0.4) is 0 Å². The predicted octanol–water partition coefficient (Wildman–Crippen LogP) is 4.13. The van der Waals surface area contributed by atoms with Crippen molar-refractivity contribution >= 4 is 11.9 Å². The van der Waals surface area contributed by atoms with Gasteiger partial charge in [-0.25, -0.2) is 14.4 Å². The molecule has 2 fully saturated rings. The molecule has 2 aliphatic heterocycles. The number of rotatable bonds is 5. The zero-order valence-electron chi connectivity index (χ0n) is 19.6. The molecule has 2 aromatic rings. The molecule has 0 saturated carbocycles. The second-order valence-corrected chi connectivity index (χ2v) is 9.46. The zero-order valence-corrected chi connectivity index (χ0v) is 19.6. The highest BCUT2D eigenvalue weighted by Gasteiger charge is 2.37. The first-order valence-corrected chi connectivity index (χ1v) is 11.7. The van der Waals surface area contributed by atoms with Crippen LogP contribution in [0.2, 0.25) is 0 Å². The first kappa shape index (κ1) is 22.6. The van der Waals surface area contributed by atoms with E-state index in [1.165, 1.54) is 12.1 Å². The van der Waals surface area contributed by atoms with Gasteiger partial charge in [-0.05, 0) is 70.3 Å². The maximum absolute atomic E-state index is 13.6. The Morgan fingerprint density at radius 2 is 1.78 bits per heavy atom. The number of hydrogen-bond donors (Lipinski definition) is 0. The molecule has 1 amide bonds. The van der Waals surface area contributed by atoms with Gasteiger partial charge in [0.15, 0.2) is 0 Å². The molecule has 1 aromatic heterocycles. The Bertz CT molecular complexity index is 938. The highest BCUT2D eigenvalue weighted by atomic mass is 19.1. The van der Waals surface area contributed by atoms with Crippen molar-refractivity contribution in [3.05, 3.63) is 42.0 Å². The van der Waals surface area contributed by atoms with E-state index in [0.717, 1.165) is 62.1 Å². The summed E-state index contributed by atoms with van der Waals surface area (Å²) in [7, 11) is 3.83. The predicted molar refractivity (Wildman–Crippen MR) is 125 cm³/mol. The SMILES string of the molecule is CC(C)N1CCC(C(=O)N2CCCC2c2nc(N(C)C)ncc2-c2ccc(F)cc2)CC1. The van der Waals surface area contributed by atoms with Crippen molar-refractivity contribution in [2.75, 3.05) is 38.6 Å². The average Bonchev–Trinajstić information content (AvgIpc) is 3.28. The van der Waals surface area contributed by atoms with Crippen LogP contribution >= 0.6 is 0 Å². The summed E-state index contributed by atoms with van der Waals surface area (Å²) in [6.07, 6.45) is 5.49. The van der Waals surface area contributed by atoms with Crippen molar-refractivity contribution < 1.29 is 9.18 Å². The second-order valence-electron chi connectivity index (χ2n) is 9.46. The molecule has 6 nitrogen and oxygen atoms in total. The van der Waals surface area contributed by atoms with E-state index in [9.17, 15) is 9.18 Å². The smallest absolute Gasteiger partial charge is 0.226 e. The van der Waals surface area contributed by atoms with Gasteiger partial charge >= 0.3 is 0 Å². The maximum atomic E-state index is 13.6. The minimum atomic E-state index is -0.272. The zero-order chi connectivity index (χ0) is 22.8. The van der Waals surface area contributed by atoms with Crippen LogP contribution in [-0.2, 0) is 4.79 Å².